The maximum absolute atomic E-state index is 11.6. The highest BCUT2D eigenvalue weighted by Crippen LogP contribution is 2.29. The average molecular weight is 326 g/mol. The van der Waals surface area contributed by atoms with Gasteiger partial charge in [0.15, 0.2) is 10.9 Å². The number of thiazole rings is 1. The Morgan fingerprint density at radius 2 is 2.33 bits per heavy atom. The number of hydrogen-bond donors (Lipinski definition) is 2. The van der Waals surface area contributed by atoms with Gasteiger partial charge in [0, 0.05) is 16.6 Å². The smallest absolute Gasteiger partial charge is 0.189 e. The molecule has 0 aliphatic carbocycles. The molecule has 0 atom stereocenters. The Kier molecular flexibility index (Phi) is 3.98. The van der Waals surface area contributed by atoms with Crippen molar-refractivity contribution in [1.29, 1.82) is 0 Å². The highest BCUT2D eigenvalue weighted by Gasteiger charge is 2.14. The largest absolute Gasteiger partial charge is 0.382 e. The predicted octanol–water partition coefficient (Wildman–Crippen LogP) is 3.82. The van der Waals surface area contributed by atoms with Crippen LogP contribution in [0.5, 0.6) is 0 Å². The van der Waals surface area contributed by atoms with Crippen LogP contribution >= 0.6 is 27.3 Å². The Bertz CT molecular complexity index is 582. The zero-order valence-electron chi connectivity index (χ0n) is 9.74. The average Bonchev–Trinajstić information content (AvgIpc) is 2.69. The molecule has 3 N–H and O–H groups in total. The molecule has 4 nitrogen and oxygen atoms in total. The number of nitrogens with zero attached hydrogens (tertiary/aromatic N) is 1. The number of aromatic nitrogens is 1. The molecule has 0 bridgehead atoms. The summed E-state index contributed by atoms with van der Waals surface area (Å²) >= 11 is 4.67. The first-order chi connectivity index (χ1) is 8.60. The van der Waals surface area contributed by atoms with Gasteiger partial charge in [0.1, 0.15) is 10.7 Å². The monoisotopic (exact) mass is 325 g/mol. The summed E-state index contributed by atoms with van der Waals surface area (Å²) < 4.78 is 0.974. The number of Topliss-reactive ketones (excluding diaryl/α,β-unsaturated/α-hetero) is 1. The van der Waals surface area contributed by atoms with Crippen LogP contribution in [0, 0.1) is 0 Å². The molecule has 0 fully saturated rings. The van der Waals surface area contributed by atoms with E-state index in [0.29, 0.717) is 22.2 Å². The molecular formula is C12H12BrN3OS. The van der Waals surface area contributed by atoms with Crippen molar-refractivity contribution in [2.24, 2.45) is 0 Å². The first kappa shape index (κ1) is 13.0. The standard InChI is InChI=1S/C12H12BrN3OS/c1-2-9(17)10-11(14)16-12(18-10)15-8-5-3-4-7(13)6-8/h3-6H,2,14H2,1H3,(H,15,16). The number of hydrogen-bond acceptors (Lipinski definition) is 5. The summed E-state index contributed by atoms with van der Waals surface area (Å²) in [5.41, 5.74) is 6.63. The Hall–Kier alpha value is -1.40. The molecule has 0 aliphatic heterocycles. The van der Waals surface area contributed by atoms with Crippen LogP contribution in [-0.4, -0.2) is 10.8 Å². The molecule has 0 spiro atoms. The molecule has 94 valence electrons. The minimum absolute atomic E-state index is 0.0206. The SMILES string of the molecule is CCC(=O)c1sc(Nc2cccc(Br)c2)nc1N. The van der Waals surface area contributed by atoms with Crippen molar-refractivity contribution in [3.63, 3.8) is 0 Å². The van der Waals surface area contributed by atoms with Crippen molar-refractivity contribution >= 4 is 49.7 Å². The van der Waals surface area contributed by atoms with Gasteiger partial charge in [0.05, 0.1) is 0 Å². The Morgan fingerprint density at radius 3 is 3.00 bits per heavy atom. The summed E-state index contributed by atoms with van der Waals surface area (Å²) in [6.07, 6.45) is 0.433. The van der Waals surface area contributed by atoms with Gasteiger partial charge in [0.25, 0.3) is 0 Å². The minimum Gasteiger partial charge on any atom is -0.382 e. The van der Waals surface area contributed by atoms with Gasteiger partial charge in [-0.05, 0) is 18.2 Å². The highest BCUT2D eigenvalue weighted by atomic mass is 79.9. The zero-order valence-corrected chi connectivity index (χ0v) is 12.1. The quantitative estimate of drug-likeness (QED) is 0.838. The van der Waals surface area contributed by atoms with Gasteiger partial charge in [0.2, 0.25) is 0 Å². The first-order valence-corrected chi connectivity index (χ1v) is 7.03. The van der Waals surface area contributed by atoms with Crippen molar-refractivity contribution in [2.45, 2.75) is 13.3 Å². The second kappa shape index (κ2) is 5.49. The number of carbonyl (C=O) groups is 1. The van der Waals surface area contributed by atoms with Crippen LogP contribution in [0.15, 0.2) is 28.7 Å². The van der Waals surface area contributed by atoms with Gasteiger partial charge in [-0.2, -0.15) is 0 Å². The number of nitrogen functional groups attached to an aromatic ring is 1. The second-order valence-corrected chi connectivity index (χ2v) is 5.56. The molecule has 0 saturated heterocycles. The molecule has 0 aliphatic rings. The van der Waals surface area contributed by atoms with E-state index in [2.05, 4.69) is 26.2 Å². The molecule has 0 unspecified atom stereocenters. The van der Waals surface area contributed by atoms with E-state index in [4.69, 9.17) is 5.73 Å². The maximum Gasteiger partial charge on any atom is 0.189 e. The number of halogens is 1. The highest BCUT2D eigenvalue weighted by molar-refractivity contribution is 9.10. The van der Waals surface area contributed by atoms with Gasteiger partial charge in [-0.15, -0.1) is 0 Å². The molecule has 0 saturated carbocycles. The molecule has 1 heterocycles. The van der Waals surface area contributed by atoms with Gasteiger partial charge in [-0.3, -0.25) is 4.79 Å². The fourth-order valence-electron chi connectivity index (χ4n) is 1.44. The third-order valence-electron chi connectivity index (χ3n) is 2.30. The lowest BCUT2D eigenvalue weighted by Crippen LogP contribution is -1.98. The van der Waals surface area contributed by atoms with Crippen LogP contribution in [0.25, 0.3) is 0 Å². The molecule has 2 rings (SSSR count). The fraction of sp³-hybridized carbons (Fsp3) is 0.167. The van der Waals surface area contributed by atoms with E-state index < -0.39 is 0 Å². The molecular weight excluding hydrogens is 314 g/mol. The zero-order chi connectivity index (χ0) is 13.1. The molecule has 0 amide bonds. The second-order valence-electron chi connectivity index (χ2n) is 3.65. The van der Waals surface area contributed by atoms with Gasteiger partial charge < -0.3 is 11.1 Å². The minimum atomic E-state index is 0.0206. The maximum atomic E-state index is 11.6. The van der Waals surface area contributed by atoms with Crippen LogP contribution in [0.2, 0.25) is 0 Å². The van der Waals surface area contributed by atoms with E-state index in [1.54, 1.807) is 0 Å². The Labute approximate surface area is 117 Å². The molecule has 1 aromatic carbocycles. The summed E-state index contributed by atoms with van der Waals surface area (Å²) in [5.74, 6) is 0.316. The molecule has 0 radical (unpaired) electrons. The number of carbonyl (C=O) groups excluding carboxylic acids is 1. The number of nitrogens with one attached hydrogen (secondary N) is 1. The molecule has 6 heteroatoms. The molecule has 1 aromatic heterocycles. The summed E-state index contributed by atoms with van der Waals surface area (Å²) in [4.78, 5) is 16.3. The third-order valence-corrected chi connectivity index (χ3v) is 3.82. The van der Waals surface area contributed by atoms with Gasteiger partial charge >= 0.3 is 0 Å². The first-order valence-electron chi connectivity index (χ1n) is 5.42. The predicted molar refractivity (Wildman–Crippen MR) is 78.6 cm³/mol. The lowest BCUT2D eigenvalue weighted by molar-refractivity contribution is 0.0992. The number of rotatable bonds is 4. The van der Waals surface area contributed by atoms with E-state index in [1.807, 2.05) is 31.2 Å². The van der Waals surface area contributed by atoms with Crippen LogP contribution in [-0.2, 0) is 0 Å². The van der Waals surface area contributed by atoms with E-state index in [9.17, 15) is 4.79 Å². The van der Waals surface area contributed by atoms with Crippen LogP contribution in [0.4, 0.5) is 16.6 Å². The van der Waals surface area contributed by atoms with E-state index in [1.165, 1.54) is 11.3 Å². The van der Waals surface area contributed by atoms with Crippen LogP contribution in [0.3, 0.4) is 0 Å². The van der Waals surface area contributed by atoms with Gasteiger partial charge in [-0.1, -0.05) is 40.3 Å². The third kappa shape index (κ3) is 2.88. The van der Waals surface area contributed by atoms with E-state index in [-0.39, 0.29) is 5.78 Å². The summed E-state index contributed by atoms with van der Waals surface area (Å²) in [6.45, 7) is 1.81. The summed E-state index contributed by atoms with van der Waals surface area (Å²) in [7, 11) is 0. The van der Waals surface area contributed by atoms with Crippen molar-refractivity contribution in [1.82, 2.24) is 4.98 Å². The normalized spacial score (nSPS) is 10.3. The van der Waals surface area contributed by atoms with Crippen molar-refractivity contribution < 1.29 is 4.79 Å². The number of ketones is 1. The lowest BCUT2D eigenvalue weighted by Gasteiger charge is -2.01. The lowest BCUT2D eigenvalue weighted by atomic mass is 10.3. The van der Waals surface area contributed by atoms with Crippen LogP contribution in [0.1, 0.15) is 23.0 Å². The fourth-order valence-corrected chi connectivity index (χ4v) is 2.75. The summed E-state index contributed by atoms with van der Waals surface area (Å²) in [5, 5.41) is 3.76. The van der Waals surface area contributed by atoms with Crippen molar-refractivity contribution in [3.05, 3.63) is 33.6 Å². The van der Waals surface area contributed by atoms with Crippen LogP contribution < -0.4 is 11.1 Å². The number of benzene rings is 1. The Morgan fingerprint density at radius 1 is 1.56 bits per heavy atom. The summed E-state index contributed by atoms with van der Waals surface area (Å²) in [6, 6.07) is 7.71. The number of anilines is 3. The van der Waals surface area contributed by atoms with Crippen molar-refractivity contribution in [2.75, 3.05) is 11.1 Å². The van der Waals surface area contributed by atoms with E-state index in [0.717, 1.165) is 10.2 Å². The number of nitrogens with two attached hydrogens (primary N) is 1. The van der Waals surface area contributed by atoms with Gasteiger partial charge in [-0.25, -0.2) is 4.98 Å². The molecule has 18 heavy (non-hydrogen) atoms. The molecule has 2 aromatic rings. The van der Waals surface area contributed by atoms with E-state index >= 15 is 0 Å². The Balaban J connectivity index is 2.23. The van der Waals surface area contributed by atoms with Crippen molar-refractivity contribution in [3.8, 4) is 0 Å². The topological polar surface area (TPSA) is 68.0 Å².